The molecule has 2 rings (SSSR count). The zero-order valence-corrected chi connectivity index (χ0v) is 16.8. The summed E-state index contributed by atoms with van der Waals surface area (Å²) in [5, 5.41) is 2.84. The first-order chi connectivity index (χ1) is 13.2. The molecule has 0 heterocycles. The Hall–Kier alpha value is -3.02. The Balaban J connectivity index is 2.00. The van der Waals surface area contributed by atoms with Gasteiger partial charge in [0.25, 0.3) is 0 Å². The molecule has 6 nitrogen and oxygen atoms in total. The van der Waals surface area contributed by atoms with E-state index in [1.54, 1.807) is 27.8 Å². The molecule has 0 bridgehead atoms. The monoisotopic (exact) mass is 384 g/mol. The van der Waals surface area contributed by atoms with Crippen molar-refractivity contribution < 1.29 is 19.1 Å². The number of benzene rings is 2. The normalized spacial score (nSPS) is 12.0. The number of alkyl carbamates (subject to hydrolysis) is 1. The van der Waals surface area contributed by atoms with E-state index in [4.69, 9.17) is 9.47 Å². The minimum Gasteiger partial charge on any atom is -0.445 e. The first kappa shape index (κ1) is 21.3. The number of hydrogen-bond acceptors (Lipinski definition) is 4. The van der Waals surface area contributed by atoms with E-state index >= 15 is 0 Å². The van der Waals surface area contributed by atoms with Gasteiger partial charge in [-0.15, -0.1) is 0 Å². The average molecular weight is 384 g/mol. The molecule has 0 saturated carbocycles. The highest BCUT2D eigenvalue weighted by Crippen LogP contribution is 2.16. The molecule has 0 fully saturated rings. The summed E-state index contributed by atoms with van der Waals surface area (Å²) in [5.41, 5.74) is 1.18. The molecular formula is C22H28N2O4. The van der Waals surface area contributed by atoms with Crippen LogP contribution in [0.2, 0.25) is 0 Å². The quantitative estimate of drug-likeness (QED) is 0.795. The van der Waals surface area contributed by atoms with Crippen LogP contribution in [-0.2, 0) is 16.1 Å². The van der Waals surface area contributed by atoms with Crippen LogP contribution >= 0.6 is 0 Å². The standard InChI is InChI=1S/C22H28N2O4/c1-22(2,3)28-20(25)23-19(18-13-9-6-10-14-18)15-24(4)21(26)27-16-17-11-7-5-8-12-17/h5-14,19H,15-16H2,1-4H3,(H,23,25). The number of likely N-dealkylation sites (N-methyl/N-ethyl adjacent to an activating group) is 1. The van der Waals surface area contributed by atoms with Crippen molar-refractivity contribution in [3.8, 4) is 0 Å². The van der Waals surface area contributed by atoms with Crippen LogP contribution in [0.1, 0.15) is 37.9 Å². The van der Waals surface area contributed by atoms with Gasteiger partial charge in [-0.25, -0.2) is 9.59 Å². The Morgan fingerprint density at radius 1 is 1.00 bits per heavy atom. The molecule has 2 aromatic rings. The zero-order chi connectivity index (χ0) is 20.6. The predicted octanol–water partition coefficient (Wildman–Crippen LogP) is 4.52. The maximum Gasteiger partial charge on any atom is 0.409 e. The SMILES string of the molecule is CN(CC(NC(=O)OC(C)(C)C)c1ccccc1)C(=O)OCc1ccccc1. The number of rotatable bonds is 6. The molecule has 0 radical (unpaired) electrons. The van der Waals surface area contributed by atoms with Gasteiger partial charge in [-0.05, 0) is 31.9 Å². The molecule has 0 aliphatic heterocycles. The van der Waals surface area contributed by atoms with Crippen LogP contribution in [0.15, 0.2) is 60.7 Å². The van der Waals surface area contributed by atoms with E-state index in [-0.39, 0.29) is 13.2 Å². The lowest BCUT2D eigenvalue weighted by molar-refractivity contribution is 0.0485. The number of nitrogens with one attached hydrogen (secondary N) is 1. The maximum absolute atomic E-state index is 12.4. The summed E-state index contributed by atoms with van der Waals surface area (Å²) < 4.78 is 10.7. The minimum atomic E-state index is -0.605. The second-order valence-corrected chi connectivity index (χ2v) is 7.53. The Morgan fingerprint density at radius 2 is 1.57 bits per heavy atom. The summed E-state index contributed by atoms with van der Waals surface area (Å²) in [7, 11) is 1.64. The molecule has 0 aliphatic carbocycles. The maximum atomic E-state index is 12.4. The van der Waals surface area contributed by atoms with Crippen molar-refractivity contribution in [2.45, 2.75) is 39.0 Å². The highest BCUT2D eigenvalue weighted by Gasteiger charge is 2.23. The fourth-order valence-corrected chi connectivity index (χ4v) is 2.55. The lowest BCUT2D eigenvalue weighted by Crippen LogP contribution is -2.41. The number of nitrogens with zero attached hydrogens (tertiary/aromatic N) is 1. The van der Waals surface area contributed by atoms with Crippen molar-refractivity contribution in [1.29, 1.82) is 0 Å². The highest BCUT2D eigenvalue weighted by atomic mass is 16.6. The Morgan fingerprint density at radius 3 is 2.14 bits per heavy atom. The number of carbonyl (C=O) groups is 2. The molecule has 28 heavy (non-hydrogen) atoms. The van der Waals surface area contributed by atoms with E-state index in [9.17, 15) is 9.59 Å². The van der Waals surface area contributed by atoms with Crippen LogP contribution in [-0.4, -0.2) is 36.3 Å². The van der Waals surface area contributed by atoms with Crippen LogP contribution in [0.25, 0.3) is 0 Å². The smallest absolute Gasteiger partial charge is 0.409 e. The van der Waals surface area contributed by atoms with Gasteiger partial charge in [0.2, 0.25) is 0 Å². The van der Waals surface area contributed by atoms with Gasteiger partial charge < -0.3 is 19.7 Å². The molecule has 2 amide bonds. The van der Waals surface area contributed by atoms with Crippen molar-refractivity contribution in [3.63, 3.8) is 0 Å². The Kier molecular flexibility index (Phi) is 7.44. The third kappa shape index (κ3) is 7.31. The Labute approximate surface area is 166 Å². The van der Waals surface area contributed by atoms with E-state index in [1.165, 1.54) is 4.90 Å². The van der Waals surface area contributed by atoms with Crippen molar-refractivity contribution in [2.75, 3.05) is 13.6 Å². The largest absolute Gasteiger partial charge is 0.445 e. The summed E-state index contributed by atoms with van der Waals surface area (Å²) in [6.45, 7) is 5.85. The van der Waals surface area contributed by atoms with E-state index in [2.05, 4.69) is 5.32 Å². The summed E-state index contributed by atoms with van der Waals surface area (Å²) in [6, 6.07) is 18.5. The number of ether oxygens (including phenoxy) is 2. The lowest BCUT2D eigenvalue weighted by atomic mass is 10.1. The second-order valence-electron chi connectivity index (χ2n) is 7.53. The summed E-state index contributed by atoms with van der Waals surface area (Å²) >= 11 is 0. The van der Waals surface area contributed by atoms with Gasteiger partial charge in [0.15, 0.2) is 0 Å². The molecule has 0 aromatic heterocycles. The molecule has 0 aliphatic rings. The van der Waals surface area contributed by atoms with Gasteiger partial charge in [-0.1, -0.05) is 60.7 Å². The van der Waals surface area contributed by atoms with Crippen molar-refractivity contribution in [3.05, 3.63) is 71.8 Å². The van der Waals surface area contributed by atoms with Gasteiger partial charge in [0.05, 0.1) is 6.04 Å². The first-order valence-corrected chi connectivity index (χ1v) is 9.21. The third-order valence-corrected chi connectivity index (χ3v) is 3.87. The minimum absolute atomic E-state index is 0.194. The van der Waals surface area contributed by atoms with E-state index < -0.39 is 23.8 Å². The third-order valence-electron chi connectivity index (χ3n) is 3.87. The summed E-state index contributed by atoms with van der Waals surface area (Å²) in [5.74, 6) is 0. The van der Waals surface area contributed by atoms with Crippen LogP contribution in [0.3, 0.4) is 0 Å². The molecule has 2 aromatic carbocycles. The van der Waals surface area contributed by atoms with Crippen molar-refractivity contribution in [2.24, 2.45) is 0 Å². The number of carbonyl (C=O) groups excluding carboxylic acids is 2. The average Bonchev–Trinajstić information content (AvgIpc) is 2.65. The molecule has 1 N–H and O–H groups in total. The van der Waals surface area contributed by atoms with Gasteiger partial charge >= 0.3 is 12.2 Å². The number of hydrogen-bond donors (Lipinski definition) is 1. The van der Waals surface area contributed by atoms with Crippen LogP contribution < -0.4 is 5.32 Å². The summed E-state index contributed by atoms with van der Waals surface area (Å²) in [6.07, 6.45) is -0.997. The molecule has 0 saturated heterocycles. The van der Waals surface area contributed by atoms with Crippen LogP contribution in [0, 0.1) is 0 Å². The second kappa shape index (κ2) is 9.78. The van der Waals surface area contributed by atoms with Crippen LogP contribution in [0.4, 0.5) is 9.59 Å². The number of amides is 2. The molecule has 1 unspecified atom stereocenters. The van der Waals surface area contributed by atoms with Gasteiger partial charge in [-0.3, -0.25) is 0 Å². The highest BCUT2D eigenvalue weighted by molar-refractivity contribution is 5.69. The molecular weight excluding hydrogens is 356 g/mol. The van der Waals surface area contributed by atoms with E-state index in [0.717, 1.165) is 11.1 Å². The lowest BCUT2D eigenvalue weighted by Gasteiger charge is -2.27. The molecule has 0 spiro atoms. The van der Waals surface area contributed by atoms with Gasteiger partial charge in [0.1, 0.15) is 12.2 Å². The van der Waals surface area contributed by atoms with Crippen molar-refractivity contribution >= 4 is 12.2 Å². The fraction of sp³-hybridized carbons (Fsp3) is 0.364. The van der Waals surface area contributed by atoms with Gasteiger partial charge in [0, 0.05) is 13.6 Å². The van der Waals surface area contributed by atoms with E-state index in [0.29, 0.717) is 0 Å². The molecule has 1 atom stereocenters. The van der Waals surface area contributed by atoms with Crippen LogP contribution in [0.5, 0.6) is 0 Å². The molecule has 150 valence electrons. The Bertz CT molecular complexity index is 757. The zero-order valence-electron chi connectivity index (χ0n) is 16.8. The summed E-state index contributed by atoms with van der Waals surface area (Å²) in [4.78, 5) is 26.0. The molecule has 6 heteroatoms. The van der Waals surface area contributed by atoms with Gasteiger partial charge in [-0.2, -0.15) is 0 Å². The topological polar surface area (TPSA) is 67.9 Å². The first-order valence-electron chi connectivity index (χ1n) is 9.21. The fourth-order valence-electron chi connectivity index (χ4n) is 2.55. The van der Waals surface area contributed by atoms with Crippen molar-refractivity contribution in [1.82, 2.24) is 10.2 Å². The van der Waals surface area contributed by atoms with E-state index in [1.807, 2.05) is 60.7 Å². The predicted molar refractivity (Wildman–Crippen MR) is 108 cm³/mol.